The van der Waals surface area contributed by atoms with E-state index >= 15 is 0 Å². The van der Waals surface area contributed by atoms with Crippen molar-refractivity contribution >= 4 is 40.0 Å². The lowest BCUT2D eigenvalue weighted by Gasteiger charge is -2.17. The Balaban J connectivity index is 1.52. The second-order valence-electron chi connectivity index (χ2n) is 5.32. The molecule has 8 heteroatoms. The van der Waals surface area contributed by atoms with Gasteiger partial charge < -0.3 is 10.2 Å². The first kappa shape index (κ1) is 15.5. The van der Waals surface area contributed by atoms with E-state index in [1.165, 1.54) is 11.3 Å². The molecule has 2 aliphatic heterocycles. The molecule has 1 fully saturated rings. The molecule has 0 unspecified atom stereocenters. The quantitative estimate of drug-likeness (QED) is 0.898. The minimum absolute atomic E-state index is 0.126. The first-order chi connectivity index (χ1) is 10.6. The Kier molecular flexibility index (Phi) is 4.77. The number of carbonyl (C=O) groups is 2. The molecule has 0 saturated carbocycles. The van der Waals surface area contributed by atoms with Crippen LogP contribution in [0.25, 0.3) is 0 Å². The van der Waals surface area contributed by atoms with E-state index in [0.29, 0.717) is 18.0 Å². The molecule has 1 atom stereocenters. The summed E-state index contributed by atoms with van der Waals surface area (Å²) in [4.78, 5) is 34.7. The number of rotatable bonds is 4. The van der Waals surface area contributed by atoms with Gasteiger partial charge in [0.15, 0.2) is 0 Å². The molecule has 118 valence electrons. The van der Waals surface area contributed by atoms with Gasteiger partial charge in [-0.3, -0.25) is 14.6 Å². The third kappa shape index (κ3) is 3.49. The predicted molar refractivity (Wildman–Crippen MR) is 88.7 cm³/mol. The molecule has 22 heavy (non-hydrogen) atoms. The van der Waals surface area contributed by atoms with Crippen LogP contribution in [0, 0.1) is 6.92 Å². The van der Waals surface area contributed by atoms with E-state index in [1.54, 1.807) is 17.1 Å². The van der Waals surface area contributed by atoms with Crippen LogP contribution in [0.15, 0.2) is 10.4 Å². The zero-order chi connectivity index (χ0) is 15.5. The van der Waals surface area contributed by atoms with E-state index in [2.05, 4.69) is 15.3 Å². The Morgan fingerprint density at radius 2 is 2.18 bits per heavy atom. The summed E-state index contributed by atoms with van der Waals surface area (Å²) in [5.74, 6) is 0.611. The Bertz CT molecular complexity index is 608. The van der Waals surface area contributed by atoms with Crippen molar-refractivity contribution in [2.75, 3.05) is 25.4 Å². The maximum atomic E-state index is 12.3. The predicted octanol–water partition coefficient (Wildman–Crippen LogP) is 1.32. The summed E-state index contributed by atoms with van der Waals surface area (Å²) < 4.78 is 0. The third-order valence-corrected chi connectivity index (χ3v) is 5.50. The van der Waals surface area contributed by atoms with E-state index in [0.717, 1.165) is 36.0 Å². The van der Waals surface area contributed by atoms with Gasteiger partial charge in [-0.25, -0.2) is 4.98 Å². The molecule has 0 aliphatic carbocycles. The molecule has 1 aromatic rings. The van der Waals surface area contributed by atoms with Gasteiger partial charge in [-0.1, -0.05) is 0 Å². The minimum Gasteiger partial charge on any atom is -0.344 e. The number of carbonyl (C=O) groups excluding carboxylic acids is 2. The van der Waals surface area contributed by atoms with Crippen molar-refractivity contribution in [3.8, 4) is 0 Å². The molecular weight excluding hydrogens is 320 g/mol. The summed E-state index contributed by atoms with van der Waals surface area (Å²) in [5.41, 5.74) is 0.441. The second-order valence-corrected chi connectivity index (χ2v) is 7.47. The van der Waals surface area contributed by atoms with Gasteiger partial charge in [-0.2, -0.15) is 0 Å². The van der Waals surface area contributed by atoms with Gasteiger partial charge in [0, 0.05) is 24.2 Å². The van der Waals surface area contributed by atoms with Crippen LogP contribution in [0.4, 0.5) is 0 Å². The standard InChI is InChI=1S/C14H18N4O2S2/c1-9-16-10(7-21-9)13(19)15-6-12-17-11(8-22-12)14(20)18-4-2-3-5-18/h7,11H,2-6,8H2,1H3,(H,15,19)/t11-/m1/s1. The van der Waals surface area contributed by atoms with Crippen LogP contribution in [-0.4, -0.2) is 58.2 Å². The number of hydrogen-bond donors (Lipinski definition) is 1. The number of nitrogens with zero attached hydrogens (tertiary/aromatic N) is 3. The Labute approximate surface area is 137 Å². The monoisotopic (exact) mass is 338 g/mol. The summed E-state index contributed by atoms with van der Waals surface area (Å²) >= 11 is 3.00. The van der Waals surface area contributed by atoms with E-state index in [1.807, 2.05) is 11.8 Å². The van der Waals surface area contributed by atoms with E-state index in [-0.39, 0.29) is 17.9 Å². The van der Waals surface area contributed by atoms with Gasteiger partial charge in [-0.05, 0) is 19.8 Å². The van der Waals surface area contributed by atoms with Crippen molar-refractivity contribution in [2.24, 2.45) is 4.99 Å². The number of aliphatic imine (C=N–C) groups is 1. The van der Waals surface area contributed by atoms with Gasteiger partial charge >= 0.3 is 0 Å². The molecule has 1 N–H and O–H groups in total. The lowest BCUT2D eigenvalue weighted by molar-refractivity contribution is -0.130. The van der Waals surface area contributed by atoms with Crippen LogP contribution in [0.3, 0.4) is 0 Å². The first-order valence-electron chi connectivity index (χ1n) is 7.32. The van der Waals surface area contributed by atoms with Crippen LogP contribution in [0.5, 0.6) is 0 Å². The van der Waals surface area contributed by atoms with Gasteiger partial charge in [-0.15, -0.1) is 23.1 Å². The van der Waals surface area contributed by atoms with Crippen LogP contribution in [0.2, 0.25) is 0 Å². The highest BCUT2D eigenvalue weighted by atomic mass is 32.2. The highest BCUT2D eigenvalue weighted by Gasteiger charge is 2.30. The van der Waals surface area contributed by atoms with Gasteiger partial charge in [0.1, 0.15) is 11.7 Å². The zero-order valence-corrected chi connectivity index (χ0v) is 14.0. The maximum absolute atomic E-state index is 12.3. The van der Waals surface area contributed by atoms with Crippen molar-refractivity contribution in [3.05, 3.63) is 16.1 Å². The number of thiazole rings is 1. The lowest BCUT2D eigenvalue weighted by atomic mass is 10.3. The molecule has 0 aromatic carbocycles. The third-order valence-electron chi connectivity index (χ3n) is 3.66. The molecule has 2 aliphatic rings. The summed E-state index contributed by atoms with van der Waals surface area (Å²) in [6, 6.07) is -0.281. The van der Waals surface area contributed by atoms with Crippen LogP contribution < -0.4 is 5.32 Å². The number of hydrogen-bond acceptors (Lipinski definition) is 6. The zero-order valence-electron chi connectivity index (χ0n) is 12.4. The maximum Gasteiger partial charge on any atom is 0.271 e. The molecule has 3 heterocycles. The fourth-order valence-electron chi connectivity index (χ4n) is 2.51. The van der Waals surface area contributed by atoms with Crippen LogP contribution in [0.1, 0.15) is 28.3 Å². The number of aromatic nitrogens is 1. The van der Waals surface area contributed by atoms with Crippen molar-refractivity contribution in [1.82, 2.24) is 15.2 Å². The fraction of sp³-hybridized carbons (Fsp3) is 0.571. The number of aryl methyl sites for hydroxylation is 1. The Morgan fingerprint density at radius 3 is 2.86 bits per heavy atom. The largest absolute Gasteiger partial charge is 0.344 e. The van der Waals surface area contributed by atoms with Crippen molar-refractivity contribution in [2.45, 2.75) is 25.8 Å². The van der Waals surface area contributed by atoms with Crippen molar-refractivity contribution in [3.63, 3.8) is 0 Å². The summed E-state index contributed by atoms with van der Waals surface area (Å²) in [7, 11) is 0. The summed E-state index contributed by atoms with van der Waals surface area (Å²) in [5, 5.41) is 6.24. The molecule has 0 radical (unpaired) electrons. The smallest absolute Gasteiger partial charge is 0.271 e. The van der Waals surface area contributed by atoms with Crippen molar-refractivity contribution in [1.29, 1.82) is 0 Å². The Morgan fingerprint density at radius 1 is 1.41 bits per heavy atom. The summed E-state index contributed by atoms with van der Waals surface area (Å²) in [6.45, 7) is 3.94. The highest BCUT2D eigenvalue weighted by Crippen LogP contribution is 2.21. The molecule has 2 amide bonds. The van der Waals surface area contributed by atoms with Gasteiger partial charge in [0.25, 0.3) is 5.91 Å². The first-order valence-corrected chi connectivity index (χ1v) is 9.18. The molecule has 1 aromatic heterocycles. The van der Waals surface area contributed by atoms with Crippen molar-refractivity contribution < 1.29 is 9.59 Å². The SMILES string of the molecule is Cc1nc(C(=O)NCC2=N[C@@H](C(=O)N3CCCC3)CS2)cs1. The molecule has 0 bridgehead atoms. The van der Waals surface area contributed by atoms with Crippen LogP contribution >= 0.6 is 23.1 Å². The average Bonchev–Trinajstić information content (AvgIpc) is 3.25. The number of nitrogens with one attached hydrogen (secondary N) is 1. The number of thioether (sulfide) groups is 1. The molecule has 1 saturated heterocycles. The molecule has 0 spiro atoms. The molecular formula is C14H18N4O2S2. The van der Waals surface area contributed by atoms with E-state index in [4.69, 9.17) is 0 Å². The topological polar surface area (TPSA) is 74.7 Å². The second kappa shape index (κ2) is 6.78. The fourth-order valence-corrected chi connectivity index (χ4v) is 4.05. The lowest BCUT2D eigenvalue weighted by Crippen LogP contribution is -2.36. The summed E-state index contributed by atoms with van der Waals surface area (Å²) in [6.07, 6.45) is 2.18. The van der Waals surface area contributed by atoms with Gasteiger partial charge in [0.2, 0.25) is 5.91 Å². The van der Waals surface area contributed by atoms with E-state index in [9.17, 15) is 9.59 Å². The van der Waals surface area contributed by atoms with Crippen LogP contribution in [-0.2, 0) is 4.79 Å². The average molecular weight is 338 g/mol. The minimum atomic E-state index is -0.281. The van der Waals surface area contributed by atoms with E-state index < -0.39 is 0 Å². The molecule has 3 rings (SSSR count). The molecule has 6 nitrogen and oxygen atoms in total. The van der Waals surface area contributed by atoms with Gasteiger partial charge in [0.05, 0.1) is 16.6 Å². The normalized spacial score (nSPS) is 21.0. The number of likely N-dealkylation sites (tertiary alicyclic amines) is 1. The Hall–Kier alpha value is -1.41. The highest BCUT2D eigenvalue weighted by molar-refractivity contribution is 8.14. The number of amides is 2.